The molecular formula is C10H23N3O. The second-order valence-corrected chi connectivity index (χ2v) is 3.73. The second kappa shape index (κ2) is 8.17. The summed E-state index contributed by atoms with van der Waals surface area (Å²) in [6.07, 6.45) is 3.85. The maximum Gasteiger partial charge on any atom is 0.0700 e. The molecule has 1 heterocycles. The highest BCUT2D eigenvalue weighted by atomic mass is 16.5. The van der Waals surface area contributed by atoms with Gasteiger partial charge in [0.15, 0.2) is 0 Å². The van der Waals surface area contributed by atoms with Crippen molar-refractivity contribution in [3.05, 3.63) is 0 Å². The summed E-state index contributed by atoms with van der Waals surface area (Å²) >= 11 is 0. The van der Waals surface area contributed by atoms with Crippen LogP contribution in [0.4, 0.5) is 0 Å². The Labute approximate surface area is 86.6 Å². The van der Waals surface area contributed by atoms with Crippen molar-refractivity contribution in [2.24, 2.45) is 5.73 Å². The molecule has 0 aromatic heterocycles. The molecule has 0 aromatic carbocycles. The van der Waals surface area contributed by atoms with Crippen molar-refractivity contribution in [1.82, 2.24) is 10.6 Å². The van der Waals surface area contributed by atoms with Gasteiger partial charge in [-0.1, -0.05) is 0 Å². The Morgan fingerprint density at radius 1 is 1.36 bits per heavy atom. The first-order valence-corrected chi connectivity index (χ1v) is 5.66. The maximum atomic E-state index is 5.60. The SMILES string of the molecule is NCCCNCCCC1CNCCO1. The average Bonchev–Trinajstić information content (AvgIpc) is 2.25. The van der Waals surface area contributed by atoms with E-state index < -0.39 is 0 Å². The molecule has 1 atom stereocenters. The third-order valence-electron chi connectivity index (χ3n) is 2.44. The molecule has 84 valence electrons. The first-order chi connectivity index (χ1) is 6.93. The number of rotatable bonds is 7. The Bertz CT molecular complexity index is 127. The molecule has 0 aromatic rings. The molecule has 1 fully saturated rings. The summed E-state index contributed by atoms with van der Waals surface area (Å²) in [6.45, 7) is 5.79. The monoisotopic (exact) mass is 201 g/mol. The van der Waals surface area contributed by atoms with Gasteiger partial charge in [-0.15, -0.1) is 0 Å². The molecule has 1 aliphatic heterocycles. The fourth-order valence-electron chi connectivity index (χ4n) is 1.61. The lowest BCUT2D eigenvalue weighted by Gasteiger charge is -2.23. The highest BCUT2D eigenvalue weighted by Crippen LogP contribution is 2.03. The molecule has 1 aliphatic rings. The fourth-order valence-corrected chi connectivity index (χ4v) is 1.61. The largest absolute Gasteiger partial charge is 0.376 e. The van der Waals surface area contributed by atoms with Crippen molar-refractivity contribution in [3.63, 3.8) is 0 Å². The van der Waals surface area contributed by atoms with Crippen molar-refractivity contribution >= 4 is 0 Å². The van der Waals surface area contributed by atoms with Gasteiger partial charge in [0.1, 0.15) is 0 Å². The molecule has 4 heteroatoms. The average molecular weight is 201 g/mol. The normalized spacial score (nSPS) is 22.5. The van der Waals surface area contributed by atoms with Gasteiger partial charge in [0.05, 0.1) is 12.7 Å². The number of nitrogens with one attached hydrogen (secondary N) is 2. The summed E-state index contributed by atoms with van der Waals surface area (Å²) in [4.78, 5) is 0. The lowest BCUT2D eigenvalue weighted by Crippen LogP contribution is -2.38. The van der Waals surface area contributed by atoms with Crippen LogP contribution in [0, 0.1) is 0 Å². The predicted molar refractivity (Wildman–Crippen MR) is 58.4 cm³/mol. The predicted octanol–water partition coefficient (Wildman–Crippen LogP) is -0.307. The minimum Gasteiger partial charge on any atom is -0.376 e. The van der Waals surface area contributed by atoms with Crippen molar-refractivity contribution in [2.75, 3.05) is 39.3 Å². The number of morpholine rings is 1. The summed E-state index contributed by atoms with van der Waals surface area (Å²) in [7, 11) is 0. The summed E-state index contributed by atoms with van der Waals surface area (Å²) in [5.41, 5.74) is 5.39. The molecule has 0 radical (unpaired) electrons. The highest BCUT2D eigenvalue weighted by Gasteiger charge is 2.11. The van der Waals surface area contributed by atoms with Gasteiger partial charge in [0, 0.05) is 13.1 Å². The van der Waals surface area contributed by atoms with E-state index >= 15 is 0 Å². The van der Waals surface area contributed by atoms with Crippen LogP contribution in [0.2, 0.25) is 0 Å². The summed E-state index contributed by atoms with van der Waals surface area (Å²) < 4.78 is 5.60. The van der Waals surface area contributed by atoms with Crippen LogP contribution in [-0.4, -0.2) is 45.4 Å². The Hall–Kier alpha value is -0.160. The Balaban J connectivity index is 1.82. The third-order valence-corrected chi connectivity index (χ3v) is 2.44. The quantitative estimate of drug-likeness (QED) is 0.495. The molecule has 1 saturated heterocycles. The molecule has 14 heavy (non-hydrogen) atoms. The molecule has 0 spiro atoms. The van der Waals surface area contributed by atoms with Crippen LogP contribution < -0.4 is 16.4 Å². The smallest absolute Gasteiger partial charge is 0.0700 e. The van der Waals surface area contributed by atoms with Crippen LogP contribution in [0.1, 0.15) is 19.3 Å². The van der Waals surface area contributed by atoms with E-state index in [0.717, 1.165) is 52.2 Å². The number of hydrogen-bond acceptors (Lipinski definition) is 4. The van der Waals surface area contributed by atoms with Gasteiger partial charge >= 0.3 is 0 Å². The van der Waals surface area contributed by atoms with Gasteiger partial charge in [0.25, 0.3) is 0 Å². The van der Waals surface area contributed by atoms with E-state index in [4.69, 9.17) is 10.5 Å². The van der Waals surface area contributed by atoms with E-state index in [9.17, 15) is 0 Å². The van der Waals surface area contributed by atoms with Crippen LogP contribution in [0.25, 0.3) is 0 Å². The molecule has 0 saturated carbocycles. The Morgan fingerprint density at radius 2 is 2.21 bits per heavy atom. The van der Waals surface area contributed by atoms with E-state index in [0.29, 0.717) is 6.10 Å². The van der Waals surface area contributed by atoms with Crippen LogP contribution in [0.15, 0.2) is 0 Å². The van der Waals surface area contributed by atoms with Crippen molar-refractivity contribution in [1.29, 1.82) is 0 Å². The van der Waals surface area contributed by atoms with Gasteiger partial charge in [-0.05, 0) is 38.9 Å². The molecule has 1 unspecified atom stereocenters. The molecule has 4 nitrogen and oxygen atoms in total. The highest BCUT2D eigenvalue weighted by molar-refractivity contribution is 4.67. The maximum absolute atomic E-state index is 5.60. The Morgan fingerprint density at radius 3 is 2.93 bits per heavy atom. The van der Waals surface area contributed by atoms with Crippen molar-refractivity contribution in [2.45, 2.75) is 25.4 Å². The standard InChI is InChI=1S/C10H23N3O/c11-4-2-6-12-5-1-3-10-9-13-7-8-14-10/h10,12-13H,1-9,11H2. The second-order valence-electron chi connectivity index (χ2n) is 3.73. The first-order valence-electron chi connectivity index (χ1n) is 5.66. The molecule has 1 rings (SSSR count). The van der Waals surface area contributed by atoms with Gasteiger partial charge in [-0.25, -0.2) is 0 Å². The third kappa shape index (κ3) is 5.54. The van der Waals surface area contributed by atoms with E-state index in [-0.39, 0.29) is 0 Å². The van der Waals surface area contributed by atoms with Gasteiger partial charge < -0.3 is 21.1 Å². The lowest BCUT2D eigenvalue weighted by atomic mass is 10.2. The molecule has 0 amide bonds. The van der Waals surface area contributed by atoms with E-state index in [1.807, 2.05) is 0 Å². The molecule has 0 bridgehead atoms. The van der Waals surface area contributed by atoms with Crippen LogP contribution in [0.5, 0.6) is 0 Å². The minimum absolute atomic E-state index is 0.431. The van der Waals surface area contributed by atoms with E-state index in [1.54, 1.807) is 0 Å². The van der Waals surface area contributed by atoms with Crippen molar-refractivity contribution in [3.8, 4) is 0 Å². The summed E-state index contributed by atoms with van der Waals surface area (Å²) in [5, 5.41) is 6.70. The van der Waals surface area contributed by atoms with Gasteiger partial charge in [-0.2, -0.15) is 0 Å². The van der Waals surface area contributed by atoms with Crippen LogP contribution in [0.3, 0.4) is 0 Å². The van der Waals surface area contributed by atoms with Gasteiger partial charge in [0.2, 0.25) is 0 Å². The first kappa shape index (κ1) is 11.9. The van der Waals surface area contributed by atoms with Gasteiger partial charge in [-0.3, -0.25) is 0 Å². The molecule has 0 aliphatic carbocycles. The summed E-state index contributed by atoms with van der Waals surface area (Å²) in [5.74, 6) is 0. The molecule has 4 N–H and O–H groups in total. The van der Waals surface area contributed by atoms with Crippen LogP contribution in [-0.2, 0) is 4.74 Å². The van der Waals surface area contributed by atoms with E-state index in [2.05, 4.69) is 10.6 Å². The number of nitrogens with two attached hydrogens (primary N) is 1. The topological polar surface area (TPSA) is 59.3 Å². The Kier molecular flexibility index (Phi) is 6.95. The number of ether oxygens (including phenoxy) is 1. The van der Waals surface area contributed by atoms with E-state index in [1.165, 1.54) is 6.42 Å². The minimum atomic E-state index is 0.431. The van der Waals surface area contributed by atoms with Crippen molar-refractivity contribution < 1.29 is 4.74 Å². The zero-order valence-corrected chi connectivity index (χ0v) is 8.93. The lowest BCUT2D eigenvalue weighted by molar-refractivity contribution is 0.0225. The number of hydrogen-bond donors (Lipinski definition) is 3. The molecular weight excluding hydrogens is 178 g/mol. The zero-order valence-electron chi connectivity index (χ0n) is 8.93. The fraction of sp³-hybridized carbons (Fsp3) is 1.00. The zero-order chi connectivity index (χ0) is 10.1. The van der Waals surface area contributed by atoms with Crippen LogP contribution >= 0.6 is 0 Å². The summed E-state index contributed by atoms with van der Waals surface area (Å²) in [6, 6.07) is 0.